The number of nitrogens with one attached hydrogen (secondary N) is 1. The van der Waals surface area contributed by atoms with E-state index in [0.29, 0.717) is 11.2 Å². The zero-order chi connectivity index (χ0) is 23.4. The second-order valence-electron chi connectivity index (χ2n) is 7.76. The topological polar surface area (TPSA) is 85.2 Å². The lowest BCUT2D eigenvalue weighted by atomic mass is 9.96. The number of hydrogen-bond donors (Lipinski definition) is 1. The van der Waals surface area contributed by atoms with Crippen molar-refractivity contribution < 1.29 is 22.7 Å². The molecule has 3 aromatic rings. The fraction of sp³-hybridized carbons (Fsp3) is 0.429. The van der Waals surface area contributed by atoms with Gasteiger partial charge in [-0.2, -0.15) is 18.3 Å². The lowest BCUT2D eigenvalue weighted by molar-refractivity contribution is -0.143. The van der Waals surface area contributed by atoms with E-state index in [-0.39, 0.29) is 17.6 Å². The maximum absolute atomic E-state index is 13.8. The van der Waals surface area contributed by atoms with E-state index in [1.54, 1.807) is 11.3 Å². The van der Waals surface area contributed by atoms with Crippen molar-refractivity contribution in [2.24, 2.45) is 5.92 Å². The zero-order valence-electron chi connectivity index (χ0n) is 17.9. The summed E-state index contributed by atoms with van der Waals surface area (Å²) in [5.41, 5.74) is -1.74. The van der Waals surface area contributed by atoms with Gasteiger partial charge in [-0.3, -0.25) is 9.69 Å². The van der Waals surface area contributed by atoms with Gasteiger partial charge in [-0.05, 0) is 49.4 Å². The maximum Gasteiger partial charge on any atom is 0.434 e. The number of alkyl halides is 3. The van der Waals surface area contributed by atoms with Gasteiger partial charge in [0.05, 0.1) is 18.9 Å². The van der Waals surface area contributed by atoms with Crippen molar-refractivity contribution in [3.8, 4) is 11.7 Å². The van der Waals surface area contributed by atoms with Crippen LogP contribution in [0.4, 0.5) is 13.2 Å². The second kappa shape index (κ2) is 9.87. The summed E-state index contributed by atoms with van der Waals surface area (Å²) < 4.78 is 46.9. The van der Waals surface area contributed by atoms with E-state index in [1.165, 1.54) is 24.1 Å². The van der Waals surface area contributed by atoms with Gasteiger partial charge in [0, 0.05) is 24.0 Å². The van der Waals surface area contributed by atoms with Crippen molar-refractivity contribution in [2.45, 2.75) is 25.6 Å². The summed E-state index contributed by atoms with van der Waals surface area (Å²) in [6, 6.07) is 6.79. The summed E-state index contributed by atoms with van der Waals surface area (Å²) in [7, 11) is 1.37. The molecule has 0 saturated carbocycles. The van der Waals surface area contributed by atoms with E-state index in [0.717, 1.165) is 38.7 Å². The lowest BCUT2D eigenvalue weighted by Gasteiger charge is -2.31. The van der Waals surface area contributed by atoms with Crippen molar-refractivity contribution in [2.75, 3.05) is 26.7 Å². The minimum Gasteiger partial charge on any atom is -0.480 e. The summed E-state index contributed by atoms with van der Waals surface area (Å²) >= 11 is 1.72. The maximum atomic E-state index is 13.8. The van der Waals surface area contributed by atoms with E-state index in [4.69, 9.17) is 4.74 Å². The minimum atomic E-state index is -4.81. The lowest BCUT2D eigenvalue weighted by Crippen LogP contribution is -2.38. The van der Waals surface area contributed by atoms with E-state index in [1.807, 2.05) is 6.07 Å². The van der Waals surface area contributed by atoms with Gasteiger partial charge in [0.25, 0.3) is 5.91 Å². The van der Waals surface area contributed by atoms with Gasteiger partial charge >= 0.3 is 6.18 Å². The van der Waals surface area contributed by atoms with Gasteiger partial charge in [-0.25, -0.2) is 4.68 Å². The number of nitrogens with zero attached hydrogens (tertiary/aromatic N) is 5. The van der Waals surface area contributed by atoms with Crippen LogP contribution in [0.3, 0.4) is 0 Å². The van der Waals surface area contributed by atoms with Crippen LogP contribution in [0, 0.1) is 5.92 Å². The van der Waals surface area contributed by atoms with E-state index in [2.05, 4.69) is 37.0 Å². The van der Waals surface area contributed by atoms with E-state index in [9.17, 15) is 18.0 Å². The molecule has 0 radical (unpaired) electrons. The second-order valence-corrected chi connectivity index (χ2v) is 8.79. The molecule has 4 heterocycles. The molecule has 0 unspecified atom stereocenters. The Kier molecular flexibility index (Phi) is 6.94. The Labute approximate surface area is 192 Å². The van der Waals surface area contributed by atoms with Crippen LogP contribution >= 0.6 is 11.3 Å². The first-order chi connectivity index (χ1) is 15.8. The van der Waals surface area contributed by atoms with Gasteiger partial charge < -0.3 is 10.1 Å². The summed E-state index contributed by atoms with van der Waals surface area (Å²) in [5.74, 6) is -0.611. The number of ether oxygens (including phenoxy) is 1. The van der Waals surface area contributed by atoms with E-state index >= 15 is 0 Å². The van der Waals surface area contributed by atoms with Gasteiger partial charge in [0.1, 0.15) is 0 Å². The molecule has 12 heteroatoms. The quantitative estimate of drug-likeness (QED) is 0.558. The first-order valence-corrected chi connectivity index (χ1v) is 11.3. The molecule has 0 atom stereocenters. The molecule has 0 spiro atoms. The number of piperidine rings is 1. The molecule has 3 aromatic heterocycles. The van der Waals surface area contributed by atoms with Crippen LogP contribution in [-0.2, 0) is 12.7 Å². The van der Waals surface area contributed by atoms with Crippen molar-refractivity contribution in [1.82, 2.24) is 30.2 Å². The molecule has 1 fully saturated rings. The summed E-state index contributed by atoms with van der Waals surface area (Å²) in [6.45, 7) is 3.00. The number of aromatic nitrogens is 4. The van der Waals surface area contributed by atoms with Gasteiger partial charge in [-0.1, -0.05) is 6.07 Å². The van der Waals surface area contributed by atoms with Crippen LogP contribution in [0.15, 0.2) is 35.8 Å². The Morgan fingerprint density at radius 2 is 2.03 bits per heavy atom. The summed E-state index contributed by atoms with van der Waals surface area (Å²) in [5, 5.41) is 15.9. The Morgan fingerprint density at radius 3 is 2.64 bits per heavy atom. The smallest absolute Gasteiger partial charge is 0.434 e. The first kappa shape index (κ1) is 23.2. The van der Waals surface area contributed by atoms with Crippen LogP contribution < -0.4 is 10.1 Å². The Morgan fingerprint density at radius 1 is 1.24 bits per heavy atom. The molecule has 1 saturated heterocycles. The Hall–Kier alpha value is -2.99. The van der Waals surface area contributed by atoms with Crippen LogP contribution in [0.2, 0.25) is 0 Å². The van der Waals surface area contributed by atoms with Crippen molar-refractivity contribution in [3.05, 3.63) is 52.0 Å². The highest BCUT2D eigenvalue weighted by atomic mass is 32.1. The average Bonchev–Trinajstić information content (AvgIpc) is 3.48. The molecule has 176 valence electrons. The summed E-state index contributed by atoms with van der Waals surface area (Å²) in [4.78, 5) is 16.3. The predicted octanol–water partition coefficient (Wildman–Crippen LogP) is 3.39. The molecule has 8 nitrogen and oxygen atoms in total. The third kappa shape index (κ3) is 5.50. The minimum absolute atomic E-state index is 0.152. The van der Waals surface area contributed by atoms with Crippen molar-refractivity contribution >= 4 is 17.2 Å². The third-order valence-electron chi connectivity index (χ3n) is 5.55. The molecule has 0 aromatic carbocycles. The number of amides is 1. The van der Waals surface area contributed by atoms with Crippen LogP contribution in [-0.4, -0.2) is 57.5 Å². The van der Waals surface area contributed by atoms with Gasteiger partial charge in [0.15, 0.2) is 11.5 Å². The van der Waals surface area contributed by atoms with Crippen LogP contribution in [0.25, 0.3) is 5.82 Å². The molecule has 1 aliphatic heterocycles. The number of thiophene rings is 1. The van der Waals surface area contributed by atoms with Crippen LogP contribution in [0.1, 0.15) is 33.8 Å². The molecule has 33 heavy (non-hydrogen) atoms. The fourth-order valence-electron chi connectivity index (χ4n) is 3.80. The fourth-order valence-corrected chi connectivity index (χ4v) is 4.55. The Bertz CT molecular complexity index is 1060. The number of halogens is 3. The molecular weight excluding hydrogens is 457 g/mol. The summed E-state index contributed by atoms with van der Waals surface area (Å²) in [6.07, 6.45) is -2.15. The third-order valence-corrected chi connectivity index (χ3v) is 6.41. The standard InChI is InChI=1S/C21H23F3N6O2S/c1-32-18-5-4-17(27-28-18)30-19(21(22,23)24)16(12-26-30)20(31)25-11-14-6-8-29(9-7-14)13-15-3-2-10-33-15/h2-5,10,12,14H,6-9,11,13H2,1H3,(H,25,31). The zero-order valence-corrected chi connectivity index (χ0v) is 18.7. The molecule has 0 aliphatic carbocycles. The SMILES string of the molecule is COc1ccc(-n2ncc(C(=O)NCC3CCN(Cc4cccs4)CC3)c2C(F)(F)F)nn1. The Balaban J connectivity index is 1.39. The molecule has 1 amide bonds. The number of methoxy groups -OCH3 is 1. The molecule has 0 bridgehead atoms. The number of carbonyl (C=O) groups excluding carboxylic acids is 1. The highest BCUT2D eigenvalue weighted by Gasteiger charge is 2.41. The van der Waals surface area contributed by atoms with E-state index < -0.39 is 23.3 Å². The van der Waals surface area contributed by atoms with Crippen molar-refractivity contribution in [3.63, 3.8) is 0 Å². The molecule has 1 aliphatic rings. The molecule has 1 N–H and O–H groups in total. The highest BCUT2D eigenvalue weighted by Crippen LogP contribution is 2.33. The number of rotatable bonds is 7. The highest BCUT2D eigenvalue weighted by molar-refractivity contribution is 7.09. The first-order valence-electron chi connectivity index (χ1n) is 10.4. The van der Waals surface area contributed by atoms with Crippen molar-refractivity contribution in [1.29, 1.82) is 0 Å². The largest absolute Gasteiger partial charge is 0.480 e. The number of hydrogen-bond acceptors (Lipinski definition) is 7. The molecular formula is C21H23F3N6O2S. The molecule has 4 rings (SSSR count). The average molecular weight is 481 g/mol. The number of carbonyl (C=O) groups is 1. The van der Waals surface area contributed by atoms with Crippen LogP contribution in [0.5, 0.6) is 5.88 Å². The predicted molar refractivity (Wildman–Crippen MR) is 115 cm³/mol. The number of likely N-dealkylation sites (tertiary alicyclic amines) is 1. The monoisotopic (exact) mass is 480 g/mol. The van der Waals surface area contributed by atoms with Gasteiger partial charge in [-0.15, -0.1) is 21.5 Å². The normalized spacial score (nSPS) is 15.5. The van der Waals surface area contributed by atoms with Gasteiger partial charge in [0.2, 0.25) is 5.88 Å².